The van der Waals surface area contributed by atoms with Gasteiger partial charge in [-0.2, -0.15) is 0 Å². The van der Waals surface area contributed by atoms with Gasteiger partial charge in [-0.25, -0.2) is 14.2 Å². The number of aliphatic hydroxyl groups is 1. The molecule has 9 heteroatoms. The minimum absolute atomic E-state index is 0.180. The van der Waals surface area contributed by atoms with E-state index >= 15 is 0 Å². The van der Waals surface area contributed by atoms with Crippen LogP contribution in [-0.4, -0.2) is 52.8 Å². The highest BCUT2D eigenvalue weighted by Crippen LogP contribution is 2.20. The van der Waals surface area contributed by atoms with Crippen LogP contribution in [0, 0.1) is 5.82 Å². The summed E-state index contributed by atoms with van der Waals surface area (Å²) in [5.41, 5.74) is 0.998. The van der Waals surface area contributed by atoms with E-state index in [2.05, 4.69) is 20.6 Å². The number of carbonyl (C=O) groups excluding carboxylic acids is 2. The van der Waals surface area contributed by atoms with E-state index in [9.17, 15) is 19.1 Å². The van der Waals surface area contributed by atoms with Crippen molar-refractivity contribution in [1.82, 2.24) is 20.6 Å². The molecule has 2 aromatic rings. The quantitative estimate of drug-likeness (QED) is 0.607. The number of rotatable bonds is 6. The second kappa shape index (κ2) is 7.31. The van der Waals surface area contributed by atoms with Crippen molar-refractivity contribution in [1.29, 1.82) is 0 Å². The number of halogens is 1. The molecule has 1 aliphatic heterocycles. The smallest absolute Gasteiger partial charge is 0.321 e. The minimum Gasteiger partial charge on any atom is -0.394 e. The first-order chi connectivity index (χ1) is 12.1. The second-order valence-electron chi connectivity index (χ2n) is 5.68. The summed E-state index contributed by atoms with van der Waals surface area (Å²) in [6, 6.07) is 3.06. The molecule has 1 aliphatic rings. The van der Waals surface area contributed by atoms with E-state index in [0.29, 0.717) is 25.2 Å². The highest BCUT2D eigenvalue weighted by atomic mass is 19.1. The Morgan fingerprint density at radius 2 is 2.32 bits per heavy atom. The van der Waals surface area contributed by atoms with Crippen molar-refractivity contribution >= 4 is 17.6 Å². The number of carbonyl (C=O) groups is 2. The van der Waals surface area contributed by atoms with Crippen LogP contribution in [0.4, 0.5) is 14.9 Å². The van der Waals surface area contributed by atoms with E-state index in [-0.39, 0.29) is 18.2 Å². The number of hydrogen-bond donors (Lipinski definition) is 4. The number of aromatic nitrogens is 2. The van der Waals surface area contributed by atoms with Gasteiger partial charge in [0.05, 0.1) is 24.5 Å². The highest BCUT2D eigenvalue weighted by molar-refractivity contribution is 5.98. The molecule has 1 atom stereocenters. The maximum absolute atomic E-state index is 14.1. The Bertz CT molecular complexity index is 765. The third kappa shape index (κ3) is 3.77. The summed E-state index contributed by atoms with van der Waals surface area (Å²) in [5, 5.41) is 14.7. The maximum atomic E-state index is 14.1. The van der Waals surface area contributed by atoms with E-state index in [1.54, 1.807) is 6.20 Å². The number of nitrogens with zero attached hydrogens (tertiary/aromatic N) is 2. The zero-order valence-corrected chi connectivity index (χ0v) is 13.3. The van der Waals surface area contributed by atoms with Gasteiger partial charge in [-0.1, -0.05) is 0 Å². The van der Waals surface area contributed by atoms with Crippen LogP contribution in [0.25, 0.3) is 0 Å². The number of urea groups is 1. The summed E-state index contributed by atoms with van der Waals surface area (Å²) < 4.78 is 14.1. The number of benzene rings is 1. The molecule has 2 heterocycles. The van der Waals surface area contributed by atoms with Crippen LogP contribution >= 0.6 is 0 Å². The Balaban J connectivity index is 1.75. The fourth-order valence-electron chi connectivity index (χ4n) is 2.66. The summed E-state index contributed by atoms with van der Waals surface area (Å²) in [6.45, 7) is 0.639. The second-order valence-corrected chi connectivity index (χ2v) is 5.68. The molecule has 0 aliphatic carbocycles. The van der Waals surface area contributed by atoms with Crippen molar-refractivity contribution in [3.05, 3.63) is 47.8 Å². The van der Waals surface area contributed by atoms with Gasteiger partial charge in [-0.15, -0.1) is 0 Å². The monoisotopic (exact) mass is 347 g/mol. The molecule has 25 heavy (non-hydrogen) atoms. The van der Waals surface area contributed by atoms with Gasteiger partial charge < -0.3 is 20.7 Å². The number of amides is 3. The Morgan fingerprint density at radius 3 is 2.96 bits per heavy atom. The van der Waals surface area contributed by atoms with E-state index in [1.165, 1.54) is 23.4 Å². The number of anilines is 1. The van der Waals surface area contributed by atoms with Gasteiger partial charge in [0.2, 0.25) is 0 Å². The molecule has 1 fully saturated rings. The fourth-order valence-corrected chi connectivity index (χ4v) is 2.66. The third-order valence-corrected chi connectivity index (χ3v) is 3.94. The lowest BCUT2D eigenvalue weighted by Crippen LogP contribution is -2.39. The lowest BCUT2D eigenvalue weighted by atomic mass is 10.1. The summed E-state index contributed by atoms with van der Waals surface area (Å²) in [4.78, 5) is 32.3. The van der Waals surface area contributed by atoms with Crippen LogP contribution in [0.5, 0.6) is 0 Å². The molecule has 1 aromatic carbocycles. The van der Waals surface area contributed by atoms with Crippen LogP contribution < -0.4 is 15.5 Å². The molecule has 0 radical (unpaired) electrons. The predicted molar refractivity (Wildman–Crippen MR) is 87.8 cm³/mol. The standard InChI is InChI=1S/C16H18FN5O3/c17-14-2-1-12(22-4-3-19-16(22)25)6-13(14)15(24)21-11(8-23)5-10-7-18-9-20-10/h1-2,6-7,9,11,23H,3-5,8H2,(H,18,20)(H,19,25)(H,21,24)/t11-/m0/s1. The molecule has 8 nitrogen and oxygen atoms in total. The number of aromatic amines is 1. The topological polar surface area (TPSA) is 110 Å². The van der Waals surface area contributed by atoms with E-state index in [1.807, 2.05) is 0 Å². The highest BCUT2D eigenvalue weighted by Gasteiger charge is 2.24. The molecule has 1 aromatic heterocycles. The molecular weight excluding hydrogens is 329 g/mol. The van der Waals surface area contributed by atoms with Crippen molar-refractivity contribution in [2.24, 2.45) is 0 Å². The van der Waals surface area contributed by atoms with Crippen LogP contribution in [0.1, 0.15) is 16.1 Å². The molecule has 4 N–H and O–H groups in total. The van der Waals surface area contributed by atoms with Crippen molar-refractivity contribution in [2.45, 2.75) is 12.5 Å². The molecular formula is C16H18FN5O3. The molecule has 0 spiro atoms. The molecule has 3 rings (SSSR count). The molecule has 1 saturated heterocycles. The van der Waals surface area contributed by atoms with Gasteiger partial charge in [0.25, 0.3) is 5.91 Å². The molecule has 0 bridgehead atoms. The van der Waals surface area contributed by atoms with Crippen molar-refractivity contribution in [2.75, 3.05) is 24.6 Å². The average molecular weight is 347 g/mol. The summed E-state index contributed by atoms with van der Waals surface area (Å²) in [5.74, 6) is -1.35. The van der Waals surface area contributed by atoms with Crippen LogP contribution in [0.3, 0.4) is 0 Å². The SMILES string of the molecule is O=C(N[C@H](CO)Cc1cnc[nH]1)c1cc(N2CCNC2=O)ccc1F. The Morgan fingerprint density at radius 1 is 1.48 bits per heavy atom. The first kappa shape index (κ1) is 16.9. The zero-order valence-electron chi connectivity index (χ0n) is 13.3. The summed E-state index contributed by atoms with van der Waals surface area (Å²) in [6.07, 6.45) is 3.41. The van der Waals surface area contributed by atoms with Gasteiger partial charge in [0, 0.05) is 37.1 Å². The zero-order chi connectivity index (χ0) is 17.8. The fraction of sp³-hybridized carbons (Fsp3) is 0.312. The van der Waals surface area contributed by atoms with Gasteiger partial charge in [0.1, 0.15) is 5.82 Å². The minimum atomic E-state index is -0.695. The lowest BCUT2D eigenvalue weighted by Gasteiger charge is -2.18. The number of H-pyrrole nitrogens is 1. The van der Waals surface area contributed by atoms with Crippen LogP contribution in [-0.2, 0) is 6.42 Å². The molecule has 3 amide bonds. The normalized spacial score (nSPS) is 15.1. The van der Waals surface area contributed by atoms with Gasteiger partial charge >= 0.3 is 6.03 Å². The Labute approximate surface area is 143 Å². The van der Waals surface area contributed by atoms with E-state index < -0.39 is 17.8 Å². The average Bonchev–Trinajstić information content (AvgIpc) is 3.26. The van der Waals surface area contributed by atoms with Gasteiger partial charge in [-0.05, 0) is 18.2 Å². The largest absolute Gasteiger partial charge is 0.394 e. The first-order valence-corrected chi connectivity index (χ1v) is 7.82. The van der Waals surface area contributed by atoms with Crippen molar-refractivity contribution in [3.8, 4) is 0 Å². The molecule has 132 valence electrons. The molecule has 0 saturated carbocycles. The van der Waals surface area contributed by atoms with Crippen molar-refractivity contribution < 1.29 is 19.1 Å². The maximum Gasteiger partial charge on any atom is 0.321 e. The number of hydrogen-bond acceptors (Lipinski definition) is 4. The first-order valence-electron chi connectivity index (χ1n) is 7.82. The number of imidazole rings is 1. The van der Waals surface area contributed by atoms with E-state index in [4.69, 9.17) is 0 Å². The van der Waals surface area contributed by atoms with Gasteiger partial charge in [-0.3, -0.25) is 9.69 Å². The molecule has 0 unspecified atom stereocenters. The Hall–Kier alpha value is -2.94. The van der Waals surface area contributed by atoms with Crippen LogP contribution in [0.2, 0.25) is 0 Å². The van der Waals surface area contributed by atoms with Gasteiger partial charge in [0.15, 0.2) is 0 Å². The summed E-state index contributed by atoms with van der Waals surface area (Å²) in [7, 11) is 0. The third-order valence-electron chi connectivity index (χ3n) is 3.94. The number of aliphatic hydroxyl groups excluding tert-OH is 1. The summed E-state index contributed by atoms with van der Waals surface area (Å²) >= 11 is 0. The van der Waals surface area contributed by atoms with E-state index in [0.717, 1.165) is 11.8 Å². The van der Waals surface area contributed by atoms with Crippen molar-refractivity contribution in [3.63, 3.8) is 0 Å². The predicted octanol–water partition coefficient (Wildman–Crippen LogP) is 0.412. The number of nitrogens with one attached hydrogen (secondary N) is 3. The van der Waals surface area contributed by atoms with Crippen LogP contribution in [0.15, 0.2) is 30.7 Å². The lowest BCUT2D eigenvalue weighted by molar-refractivity contribution is 0.0912. The Kier molecular flexibility index (Phi) is 4.94.